The summed E-state index contributed by atoms with van der Waals surface area (Å²) in [5, 5.41) is 3.49. The lowest BCUT2D eigenvalue weighted by Gasteiger charge is -2.43. The molecule has 0 aromatic rings. The first-order valence-electron chi connectivity index (χ1n) is 6.62. The number of likely N-dealkylation sites (N-methyl/N-ethyl adjacent to an activating group) is 1. The minimum absolute atomic E-state index is 0.141. The van der Waals surface area contributed by atoms with Gasteiger partial charge >= 0.3 is 0 Å². The summed E-state index contributed by atoms with van der Waals surface area (Å²) in [5.41, 5.74) is 0.141. The van der Waals surface area contributed by atoms with Gasteiger partial charge in [0.1, 0.15) is 0 Å². The molecule has 0 aliphatic heterocycles. The molecule has 1 fully saturated rings. The van der Waals surface area contributed by atoms with Crippen LogP contribution in [-0.4, -0.2) is 38.5 Å². The molecule has 96 valence electrons. The van der Waals surface area contributed by atoms with Gasteiger partial charge in [0, 0.05) is 19.8 Å². The lowest BCUT2D eigenvalue weighted by atomic mass is 9.75. The van der Waals surface area contributed by atoms with Gasteiger partial charge in [-0.05, 0) is 38.6 Å². The third-order valence-corrected chi connectivity index (χ3v) is 3.48. The molecule has 0 radical (unpaired) electrons. The highest BCUT2D eigenvalue weighted by molar-refractivity contribution is 4.93. The van der Waals surface area contributed by atoms with Gasteiger partial charge < -0.3 is 14.8 Å². The Morgan fingerprint density at radius 1 is 1.31 bits per heavy atom. The molecular formula is C13H27NO2. The Kier molecular flexibility index (Phi) is 6.32. The maximum atomic E-state index is 5.66. The molecule has 1 atom stereocenters. The molecular weight excluding hydrogens is 202 g/mol. The van der Waals surface area contributed by atoms with Crippen LogP contribution in [0.2, 0.25) is 0 Å². The van der Waals surface area contributed by atoms with Crippen LogP contribution in [0.25, 0.3) is 0 Å². The van der Waals surface area contributed by atoms with Crippen molar-refractivity contribution in [3.05, 3.63) is 0 Å². The Labute approximate surface area is 99.9 Å². The lowest BCUT2D eigenvalue weighted by Crippen LogP contribution is -2.47. The van der Waals surface area contributed by atoms with Gasteiger partial charge in [0.05, 0.1) is 12.2 Å². The zero-order chi connectivity index (χ0) is 11.9. The maximum Gasteiger partial charge on any atom is 0.0694 e. The first-order valence-corrected chi connectivity index (χ1v) is 6.62. The first kappa shape index (κ1) is 13.9. The van der Waals surface area contributed by atoms with E-state index in [1.54, 1.807) is 0 Å². The Bertz CT molecular complexity index is 175. The van der Waals surface area contributed by atoms with Crippen molar-refractivity contribution in [1.82, 2.24) is 5.32 Å². The van der Waals surface area contributed by atoms with Crippen molar-refractivity contribution in [2.24, 2.45) is 0 Å². The number of nitrogens with one attached hydrogen (secondary N) is 1. The topological polar surface area (TPSA) is 30.5 Å². The summed E-state index contributed by atoms with van der Waals surface area (Å²) in [6, 6.07) is 0.441. The SMILES string of the molecule is CCCOCC(CC1(OC)CCC1)NCC. The fraction of sp³-hybridized carbons (Fsp3) is 1.00. The minimum atomic E-state index is 0.141. The van der Waals surface area contributed by atoms with Crippen molar-refractivity contribution < 1.29 is 9.47 Å². The van der Waals surface area contributed by atoms with Crippen molar-refractivity contribution in [2.75, 3.05) is 26.9 Å². The molecule has 1 aliphatic rings. The van der Waals surface area contributed by atoms with Gasteiger partial charge in [-0.3, -0.25) is 0 Å². The zero-order valence-electron chi connectivity index (χ0n) is 11.1. The van der Waals surface area contributed by atoms with E-state index < -0.39 is 0 Å². The van der Waals surface area contributed by atoms with Crippen LogP contribution >= 0.6 is 0 Å². The Balaban J connectivity index is 2.31. The summed E-state index contributed by atoms with van der Waals surface area (Å²) in [6.45, 7) is 6.96. The predicted octanol–water partition coefficient (Wildman–Crippen LogP) is 2.35. The van der Waals surface area contributed by atoms with Crippen LogP contribution in [0.4, 0.5) is 0 Å². The van der Waals surface area contributed by atoms with Crippen molar-refractivity contribution in [3.63, 3.8) is 0 Å². The fourth-order valence-electron chi connectivity index (χ4n) is 2.36. The highest BCUT2D eigenvalue weighted by Crippen LogP contribution is 2.38. The number of methoxy groups -OCH3 is 1. The molecule has 3 nitrogen and oxygen atoms in total. The highest BCUT2D eigenvalue weighted by Gasteiger charge is 2.38. The van der Waals surface area contributed by atoms with E-state index in [0.717, 1.165) is 32.6 Å². The van der Waals surface area contributed by atoms with E-state index in [9.17, 15) is 0 Å². The molecule has 0 amide bonds. The quantitative estimate of drug-likeness (QED) is 0.616. The van der Waals surface area contributed by atoms with E-state index >= 15 is 0 Å². The van der Waals surface area contributed by atoms with E-state index in [0.29, 0.717) is 6.04 Å². The normalized spacial score (nSPS) is 20.4. The summed E-state index contributed by atoms with van der Waals surface area (Å²) in [4.78, 5) is 0. The van der Waals surface area contributed by atoms with Crippen molar-refractivity contribution >= 4 is 0 Å². The molecule has 0 heterocycles. The molecule has 3 heteroatoms. The third-order valence-electron chi connectivity index (χ3n) is 3.48. The van der Waals surface area contributed by atoms with Gasteiger partial charge in [0.15, 0.2) is 0 Å². The minimum Gasteiger partial charge on any atom is -0.380 e. The van der Waals surface area contributed by atoms with E-state index in [2.05, 4.69) is 19.2 Å². The van der Waals surface area contributed by atoms with Crippen LogP contribution < -0.4 is 5.32 Å². The second-order valence-corrected chi connectivity index (χ2v) is 4.77. The van der Waals surface area contributed by atoms with Gasteiger partial charge in [0.25, 0.3) is 0 Å². The highest BCUT2D eigenvalue weighted by atomic mass is 16.5. The van der Waals surface area contributed by atoms with Crippen LogP contribution in [0, 0.1) is 0 Å². The number of hydrogen-bond acceptors (Lipinski definition) is 3. The van der Waals surface area contributed by atoms with Crippen LogP contribution in [-0.2, 0) is 9.47 Å². The Hall–Kier alpha value is -0.120. The van der Waals surface area contributed by atoms with Crippen molar-refractivity contribution in [2.45, 2.75) is 57.6 Å². The van der Waals surface area contributed by atoms with E-state index in [4.69, 9.17) is 9.47 Å². The third kappa shape index (κ3) is 4.04. The maximum absolute atomic E-state index is 5.66. The lowest BCUT2D eigenvalue weighted by molar-refractivity contribution is -0.0880. The zero-order valence-corrected chi connectivity index (χ0v) is 11.1. The van der Waals surface area contributed by atoms with Gasteiger partial charge in [-0.15, -0.1) is 0 Å². The number of rotatable bonds is 9. The molecule has 0 bridgehead atoms. The standard InChI is InChI=1S/C13H27NO2/c1-4-9-16-11-12(14-5-2)10-13(15-3)7-6-8-13/h12,14H,4-11H2,1-3H3. The molecule has 1 rings (SSSR count). The average Bonchev–Trinajstić information content (AvgIpc) is 2.23. The first-order chi connectivity index (χ1) is 7.76. The van der Waals surface area contributed by atoms with Crippen molar-refractivity contribution in [1.29, 1.82) is 0 Å². The fourth-order valence-corrected chi connectivity index (χ4v) is 2.36. The van der Waals surface area contributed by atoms with Crippen molar-refractivity contribution in [3.8, 4) is 0 Å². The average molecular weight is 229 g/mol. The molecule has 16 heavy (non-hydrogen) atoms. The summed E-state index contributed by atoms with van der Waals surface area (Å²) in [5.74, 6) is 0. The summed E-state index contributed by atoms with van der Waals surface area (Å²) in [7, 11) is 1.84. The van der Waals surface area contributed by atoms with E-state index in [1.807, 2.05) is 7.11 Å². The molecule has 1 unspecified atom stereocenters. The smallest absolute Gasteiger partial charge is 0.0694 e. The summed E-state index contributed by atoms with van der Waals surface area (Å²) in [6.07, 6.45) is 5.90. The molecule has 1 N–H and O–H groups in total. The van der Waals surface area contributed by atoms with Gasteiger partial charge in [0.2, 0.25) is 0 Å². The monoisotopic (exact) mass is 229 g/mol. The summed E-state index contributed by atoms with van der Waals surface area (Å²) < 4.78 is 11.3. The van der Waals surface area contributed by atoms with E-state index in [1.165, 1.54) is 19.3 Å². The summed E-state index contributed by atoms with van der Waals surface area (Å²) >= 11 is 0. The van der Waals surface area contributed by atoms with Crippen LogP contribution in [0.3, 0.4) is 0 Å². The molecule has 1 saturated carbocycles. The van der Waals surface area contributed by atoms with Crippen LogP contribution in [0.1, 0.15) is 46.0 Å². The molecule has 1 aliphatic carbocycles. The Morgan fingerprint density at radius 3 is 2.50 bits per heavy atom. The van der Waals surface area contributed by atoms with E-state index in [-0.39, 0.29) is 5.60 Å². The van der Waals surface area contributed by atoms with Gasteiger partial charge in [-0.2, -0.15) is 0 Å². The molecule has 0 spiro atoms. The molecule has 0 aromatic carbocycles. The van der Waals surface area contributed by atoms with Crippen LogP contribution in [0.15, 0.2) is 0 Å². The second-order valence-electron chi connectivity index (χ2n) is 4.77. The largest absolute Gasteiger partial charge is 0.380 e. The van der Waals surface area contributed by atoms with Crippen LogP contribution in [0.5, 0.6) is 0 Å². The Morgan fingerprint density at radius 2 is 2.06 bits per heavy atom. The van der Waals surface area contributed by atoms with Gasteiger partial charge in [-0.25, -0.2) is 0 Å². The van der Waals surface area contributed by atoms with Gasteiger partial charge in [-0.1, -0.05) is 13.8 Å². The second kappa shape index (κ2) is 7.25. The molecule has 0 saturated heterocycles. The number of hydrogen-bond donors (Lipinski definition) is 1. The predicted molar refractivity (Wildman–Crippen MR) is 66.8 cm³/mol. The number of ether oxygens (including phenoxy) is 2. The molecule has 0 aromatic heterocycles.